The molecule has 0 aromatic heterocycles. The molecule has 0 saturated carbocycles. The van der Waals surface area contributed by atoms with Gasteiger partial charge >= 0.3 is 27.7 Å². The molecule has 0 saturated heterocycles. The Morgan fingerprint density at radius 2 is 1.57 bits per heavy atom. The summed E-state index contributed by atoms with van der Waals surface area (Å²) in [6, 6.07) is 6.67. The van der Waals surface area contributed by atoms with E-state index in [9.17, 15) is 0 Å². The minimum atomic E-state index is -5.17. The first-order valence-electron chi connectivity index (χ1n) is 2.91. The number of para-hydroxylation sites is 1. The molecule has 0 aliphatic heterocycles. The number of halogens is 1. The van der Waals surface area contributed by atoms with Crippen molar-refractivity contribution in [1.82, 2.24) is 0 Å². The molecule has 1 aromatic rings. The van der Waals surface area contributed by atoms with Crippen LogP contribution in [0.25, 0.3) is 0 Å². The molecular weight excluding hydrogens is 420 g/mol. The van der Waals surface area contributed by atoms with Gasteiger partial charge in [0, 0.05) is 10.4 Å². The molecule has 0 aliphatic rings. The molecule has 1 rings (SSSR count). The van der Waals surface area contributed by atoms with E-state index in [0.29, 0.717) is 5.02 Å². The van der Waals surface area contributed by atoms with Crippen molar-refractivity contribution >= 4 is 22.0 Å². The smallest absolute Gasteiger partial charge is 0.759 e. The van der Waals surface area contributed by atoms with Crippen molar-refractivity contribution in [2.24, 2.45) is 0 Å². The zero-order valence-electron chi connectivity index (χ0n) is 6.88. The molecule has 0 amide bonds. The van der Waals surface area contributed by atoms with Crippen LogP contribution in [0.15, 0.2) is 24.3 Å². The van der Waals surface area contributed by atoms with E-state index in [1.165, 1.54) is 0 Å². The van der Waals surface area contributed by atoms with Crippen molar-refractivity contribution in [2.75, 3.05) is 0 Å². The van der Waals surface area contributed by atoms with Gasteiger partial charge < -0.3 is 14.2 Å². The number of phenolic OH excluding ortho intramolecular Hbond substituents is 1. The minimum Gasteiger partial charge on any atom is -0.759 e. The Hall–Kier alpha value is 0.115. The van der Waals surface area contributed by atoms with Crippen LogP contribution in [0.5, 0.6) is 5.75 Å². The van der Waals surface area contributed by atoms with E-state index in [1.807, 2.05) is 0 Å². The van der Waals surface area contributed by atoms with Crippen LogP contribution in [0.3, 0.4) is 0 Å². The average molecular weight is 425 g/mol. The van der Waals surface area contributed by atoms with Crippen LogP contribution in [0.2, 0.25) is 5.02 Å². The van der Waals surface area contributed by atoms with Crippen LogP contribution in [0.1, 0.15) is 0 Å². The second-order valence-electron chi connectivity index (χ2n) is 1.86. The predicted molar refractivity (Wildman–Crippen MR) is 43.6 cm³/mol. The Labute approximate surface area is 107 Å². The summed E-state index contributed by atoms with van der Waals surface area (Å²) < 4.78 is 34.1. The molecule has 0 unspecified atom stereocenters. The van der Waals surface area contributed by atoms with E-state index in [2.05, 4.69) is 0 Å². The number of phenols is 1. The van der Waals surface area contributed by atoms with E-state index >= 15 is 0 Å². The van der Waals surface area contributed by atoms with E-state index in [-0.39, 0.29) is 33.4 Å². The Balaban J connectivity index is 0. The molecule has 0 aliphatic carbocycles. The van der Waals surface area contributed by atoms with Crippen LogP contribution in [0.4, 0.5) is 0 Å². The van der Waals surface area contributed by atoms with E-state index in [4.69, 9.17) is 34.2 Å². The standard InChI is InChI=1S/C6H5ClO.Hg.H2O4S/c7-5-3-1-2-4-6(5)8;;1-5(2,3)4/h1-4,8H;;(H2,1,2,3,4)/q;+2;/p-2. The van der Waals surface area contributed by atoms with Gasteiger partial charge in [-0.05, 0) is 12.1 Å². The first-order valence-corrected chi connectivity index (χ1v) is 4.62. The third-order valence-corrected chi connectivity index (χ3v) is 1.17. The van der Waals surface area contributed by atoms with E-state index in [0.717, 1.165) is 0 Å². The molecule has 0 fully saturated rings. The largest absolute Gasteiger partial charge is 2.00 e. The van der Waals surface area contributed by atoms with Gasteiger partial charge in [0.15, 0.2) is 0 Å². The van der Waals surface area contributed by atoms with Crippen LogP contribution < -0.4 is 0 Å². The SMILES string of the molecule is O=S(=O)([O-])[O-].Oc1ccccc1Cl.[Hg+2]. The summed E-state index contributed by atoms with van der Waals surface area (Å²) in [6.07, 6.45) is 0. The second kappa shape index (κ2) is 7.41. The fourth-order valence-corrected chi connectivity index (χ4v) is 0.587. The number of hydrogen-bond donors (Lipinski definition) is 1. The topological polar surface area (TPSA) is 100 Å². The van der Waals surface area contributed by atoms with Crippen molar-refractivity contribution in [3.63, 3.8) is 0 Å². The predicted octanol–water partition coefficient (Wildman–Crippen LogP) is 0.705. The molecule has 0 heterocycles. The van der Waals surface area contributed by atoms with Crippen LogP contribution in [0, 0.1) is 0 Å². The maximum absolute atomic E-state index is 8.79. The molecule has 0 radical (unpaired) electrons. The Morgan fingerprint density at radius 1 is 1.21 bits per heavy atom. The molecule has 8 heteroatoms. The fourth-order valence-electron chi connectivity index (χ4n) is 0.452. The van der Waals surface area contributed by atoms with E-state index < -0.39 is 10.4 Å². The van der Waals surface area contributed by atoms with E-state index in [1.54, 1.807) is 24.3 Å². The number of benzene rings is 1. The fraction of sp³-hybridized carbons (Fsp3) is 0. The van der Waals surface area contributed by atoms with Gasteiger partial charge in [0.1, 0.15) is 5.75 Å². The first kappa shape index (κ1) is 16.5. The molecule has 74 valence electrons. The van der Waals surface area contributed by atoms with Crippen LogP contribution in [-0.2, 0) is 38.1 Å². The molecule has 0 bridgehead atoms. The Bertz CT molecular complexity index is 337. The van der Waals surface area contributed by atoms with Gasteiger partial charge in [-0.3, -0.25) is 8.42 Å². The summed E-state index contributed by atoms with van der Waals surface area (Å²) in [6.45, 7) is 0. The van der Waals surface area contributed by atoms with Gasteiger partial charge in [0.2, 0.25) is 0 Å². The Kier molecular flexibility index (Phi) is 8.76. The quantitative estimate of drug-likeness (QED) is 0.375. The first-order chi connectivity index (χ1) is 5.80. The van der Waals surface area contributed by atoms with Gasteiger partial charge in [-0.15, -0.1) is 0 Å². The summed E-state index contributed by atoms with van der Waals surface area (Å²) in [5, 5.41) is 9.18. The Morgan fingerprint density at radius 3 is 1.79 bits per heavy atom. The monoisotopic (exact) mass is 426 g/mol. The molecular formula is C6H5ClHgO5S. The third kappa shape index (κ3) is 12.1. The number of aromatic hydroxyl groups is 1. The van der Waals surface area contributed by atoms with Gasteiger partial charge in [-0.25, -0.2) is 0 Å². The van der Waals surface area contributed by atoms with Crippen molar-refractivity contribution in [2.45, 2.75) is 0 Å². The maximum Gasteiger partial charge on any atom is 2.00 e. The molecule has 0 spiro atoms. The number of hydrogen-bond acceptors (Lipinski definition) is 5. The summed E-state index contributed by atoms with van der Waals surface area (Å²) >= 11 is 5.46. The van der Waals surface area contributed by atoms with Crippen LogP contribution >= 0.6 is 11.6 Å². The minimum absolute atomic E-state index is 0. The summed E-state index contributed by atoms with van der Waals surface area (Å²) in [4.78, 5) is 0. The summed E-state index contributed by atoms with van der Waals surface area (Å²) in [5.41, 5.74) is 0. The molecule has 1 N–H and O–H groups in total. The van der Waals surface area contributed by atoms with Gasteiger partial charge in [0.25, 0.3) is 0 Å². The van der Waals surface area contributed by atoms with Crippen molar-refractivity contribution in [3.05, 3.63) is 29.3 Å². The normalized spacial score (nSPS) is 9.36. The van der Waals surface area contributed by atoms with Gasteiger partial charge in [-0.1, -0.05) is 23.7 Å². The molecule has 14 heavy (non-hydrogen) atoms. The van der Waals surface area contributed by atoms with Crippen molar-refractivity contribution in [1.29, 1.82) is 0 Å². The average Bonchev–Trinajstić information content (AvgIpc) is 1.92. The van der Waals surface area contributed by atoms with Crippen molar-refractivity contribution < 1.29 is 50.3 Å². The molecule has 5 nitrogen and oxygen atoms in total. The van der Waals surface area contributed by atoms with Crippen molar-refractivity contribution in [3.8, 4) is 5.75 Å². The second-order valence-corrected chi connectivity index (χ2v) is 3.08. The van der Waals surface area contributed by atoms with Crippen LogP contribution in [-0.4, -0.2) is 22.6 Å². The van der Waals surface area contributed by atoms with Gasteiger partial charge in [0.05, 0.1) is 5.02 Å². The maximum atomic E-state index is 8.79. The molecule has 1 aromatic carbocycles. The summed E-state index contributed by atoms with van der Waals surface area (Å²) in [7, 11) is -5.17. The van der Waals surface area contributed by atoms with Gasteiger partial charge in [-0.2, -0.15) is 0 Å². The zero-order chi connectivity index (χ0) is 10.5. The summed E-state index contributed by atoms with van der Waals surface area (Å²) in [5.74, 6) is 0.133. The third-order valence-electron chi connectivity index (χ3n) is 0.852. The number of rotatable bonds is 0. The zero-order valence-corrected chi connectivity index (χ0v) is 14.0. The molecule has 0 atom stereocenters.